The Balaban J connectivity index is 1.83. The van der Waals surface area contributed by atoms with Crippen LogP contribution in [0.2, 0.25) is 0 Å². The van der Waals surface area contributed by atoms with Gasteiger partial charge in [0.2, 0.25) is 0 Å². The highest BCUT2D eigenvalue weighted by Crippen LogP contribution is 2.38. The zero-order valence-corrected chi connectivity index (χ0v) is 15.0. The van der Waals surface area contributed by atoms with E-state index in [1.807, 2.05) is 0 Å². The molecule has 8 N–H and O–H groups in total. The van der Waals surface area contributed by atoms with E-state index >= 15 is 0 Å². The smallest absolute Gasteiger partial charge is 0.324 e. The van der Waals surface area contributed by atoms with Gasteiger partial charge in [-0.25, -0.2) is 15.0 Å². The maximum atomic E-state index is 10.7. The van der Waals surface area contributed by atoms with Crippen LogP contribution in [0, 0.1) is 0 Å². The van der Waals surface area contributed by atoms with Crippen LogP contribution >= 0.6 is 0 Å². The van der Waals surface area contributed by atoms with Crippen LogP contribution in [-0.2, 0) is 15.3 Å². The van der Waals surface area contributed by atoms with Gasteiger partial charge in [0.1, 0.15) is 36.2 Å². The second-order valence-electron chi connectivity index (χ2n) is 6.71. The molecule has 0 amide bonds. The number of aliphatic hydroxyl groups excluding tert-OH is 3. The van der Waals surface area contributed by atoms with Crippen molar-refractivity contribution in [3.63, 3.8) is 0 Å². The lowest BCUT2D eigenvalue weighted by Gasteiger charge is -2.29. The molecule has 1 aliphatic heterocycles. The van der Waals surface area contributed by atoms with Crippen molar-refractivity contribution in [2.75, 3.05) is 5.73 Å². The van der Waals surface area contributed by atoms with Crippen molar-refractivity contribution in [1.29, 1.82) is 0 Å². The average molecular weight is 394 g/mol. The number of hydrogen-bond donors (Lipinski definition) is 6. The lowest BCUT2D eigenvalue weighted by Crippen LogP contribution is -2.43. The number of aliphatic hydroxyl groups is 3. The van der Waals surface area contributed by atoms with Gasteiger partial charge in [-0.15, -0.1) is 0 Å². The highest BCUT2D eigenvalue weighted by molar-refractivity contribution is 5.81. The Morgan fingerprint density at radius 3 is 2.82 bits per heavy atom. The molecule has 0 spiro atoms. The molecule has 3 rings (SSSR count). The van der Waals surface area contributed by atoms with Gasteiger partial charge in [-0.3, -0.25) is 9.36 Å². The van der Waals surface area contributed by atoms with Gasteiger partial charge in [0.25, 0.3) is 0 Å². The summed E-state index contributed by atoms with van der Waals surface area (Å²) in [5, 5.41) is 40.1. The molecule has 6 atom stereocenters. The van der Waals surface area contributed by atoms with Crippen molar-refractivity contribution in [3.8, 4) is 0 Å². The van der Waals surface area contributed by atoms with Crippen molar-refractivity contribution in [1.82, 2.24) is 19.5 Å². The number of hydrogen-bond acceptors (Lipinski definition) is 10. The number of carbonyl (C=O) groups is 1. The van der Waals surface area contributed by atoms with Crippen molar-refractivity contribution in [3.05, 3.63) is 24.8 Å². The second-order valence-corrected chi connectivity index (χ2v) is 6.71. The van der Waals surface area contributed by atoms with E-state index < -0.39 is 42.2 Å². The molecule has 0 bridgehead atoms. The maximum absolute atomic E-state index is 10.7. The van der Waals surface area contributed by atoms with Crippen molar-refractivity contribution in [2.24, 2.45) is 5.73 Å². The number of imidazole rings is 1. The summed E-state index contributed by atoms with van der Waals surface area (Å²) in [5.41, 5.74) is 10.2. The summed E-state index contributed by atoms with van der Waals surface area (Å²) in [6, 6.07) is -1.21. The van der Waals surface area contributed by atoms with Gasteiger partial charge >= 0.3 is 5.97 Å². The third-order valence-corrected chi connectivity index (χ3v) is 4.81. The lowest BCUT2D eigenvalue weighted by molar-refractivity contribution is -0.146. The third kappa shape index (κ3) is 3.31. The number of carboxylic acid groups (broad SMARTS) is 1. The minimum Gasteiger partial charge on any atom is -0.480 e. The Kier molecular flexibility index (Phi) is 5.32. The molecule has 2 unspecified atom stereocenters. The van der Waals surface area contributed by atoms with E-state index in [9.17, 15) is 20.1 Å². The minimum absolute atomic E-state index is 0.0364. The number of nitrogens with two attached hydrogens (primary N) is 2. The van der Waals surface area contributed by atoms with Gasteiger partial charge in [-0.05, 0) is 13.3 Å². The second kappa shape index (κ2) is 7.41. The predicted octanol–water partition coefficient (Wildman–Crippen LogP) is -2.08. The molecule has 0 aliphatic carbocycles. The quantitative estimate of drug-likeness (QED) is 0.293. The molecule has 12 heteroatoms. The predicted molar refractivity (Wildman–Crippen MR) is 95.6 cm³/mol. The molecule has 1 fully saturated rings. The third-order valence-electron chi connectivity index (χ3n) is 4.81. The number of aliphatic carboxylic acids is 1. The zero-order valence-electron chi connectivity index (χ0n) is 15.0. The summed E-state index contributed by atoms with van der Waals surface area (Å²) in [7, 11) is 0. The van der Waals surface area contributed by atoms with Gasteiger partial charge in [0.15, 0.2) is 17.2 Å². The van der Waals surface area contributed by atoms with Gasteiger partial charge in [0.05, 0.1) is 12.4 Å². The molecule has 1 aliphatic rings. The number of rotatable bonds is 6. The molecule has 3 heterocycles. The summed E-state index contributed by atoms with van der Waals surface area (Å²) in [6.45, 7) is 1.52. The van der Waals surface area contributed by atoms with Crippen LogP contribution in [0.5, 0.6) is 0 Å². The Morgan fingerprint density at radius 2 is 2.14 bits per heavy atom. The van der Waals surface area contributed by atoms with Crippen molar-refractivity contribution in [2.45, 2.75) is 49.5 Å². The number of aromatic nitrogens is 4. The summed E-state index contributed by atoms with van der Waals surface area (Å²) in [4.78, 5) is 22.8. The van der Waals surface area contributed by atoms with Gasteiger partial charge in [-0.1, -0.05) is 12.2 Å². The molecule has 0 saturated carbocycles. The fourth-order valence-corrected chi connectivity index (χ4v) is 3.18. The maximum Gasteiger partial charge on any atom is 0.324 e. The van der Waals surface area contributed by atoms with Crippen LogP contribution in [0.25, 0.3) is 11.2 Å². The van der Waals surface area contributed by atoms with Crippen LogP contribution in [-0.4, -0.2) is 76.4 Å². The fraction of sp³-hybridized carbons (Fsp3) is 0.500. The van der Waals surface area contributed by atoms with Gasteiger partial charge < -0.3 is 36.6 Å². The van der Waals surface area contributed by atoms with Crippen molar-refractivity contribution >= 4 is 23.0 Å². The first-order valence-electron chi connectivity index (χ1n) is 8.48. The topological polar surface area (TPSA) is 203 Å². The number of anilines is 1. The Bertz CT molecular complexity index is 903. The SMILES string of the molecule is C[C@@]1(n2cnc3c(N)ncnc32)O[C@H](C(O)CC=CC(N)C(=O)O)[C@@H](O)[C@H]1O. The summed E-state index contributed by atoms with van der Waals surface area (Å²) >= 11 is 0. The minimum atomic E-state index is -1.48. The van der Waals surface area contributed by atoms with Crippen LogP contribution < -0.4 is 11.5 Å². The standard InChI is InChI=1S/C16H22N6O6/c1-16(22-6-21-9-13(18)19-5-20-14(9)22)12(25)10(24)11(28-16)8(23)4-2-3-7(17)15(26)27/h2-3,5-8,10-12,23-25H,4,17H2,1H3,(H,26,27)(H2,18,19,20)/t7?,8?,10-,11-,12-,16-/m1/s1. The van der Waals surface area contributed by atoms with Crippen LogP contribution in [0.1, 0.15) is 13.3 Å². The Labute approximate surface area is 159 Å². The Morgan fingerprint density at radius 1 is 1.43 bits per heavy atom. The highest BCUT2D eigenvalue weighted by atomic mass is 16.6. The Hall–Kier alpha value is -2.64. The number of nitrogen functional groups attached to an aromatic ring is 1. The van der Waals surface area contributed by atoms with Gasteiger partial charge in [-0.2, -0.15) is 0 Å². The fourth-order valence-electron chi connectivity index (χ4n) is 3.18. The monoisotopic (exact) mass is 394 g/mol. The molecule has 28 heavy (non-hydrogen) atoms. The summed E-state index contributed by atoms with van der Waals surface area (Å²) in [5.74, 6) is -1.06. The number of carboxylic acids is 1. The summed E-state index contributed by atoms with van der Waals surface area (Å²) in [6.07, 6.45) is -0.0602. The molecule has 12 nitrogen and oxygen atoms in total. The van der Waals surface area contributed by atoms with E-state index in [0.717, 1.165) is 0 Å². The van der Waals surface area contributed by atoms with E-state index in [4.69, 9.17) is 21.3 Å². The largest absolute Gasteiger partial charge is 0.480 e. The summed E-state index contributed by atoms with van der Waals surface area (Å²) < 4.78 is 7.24. The molecular weight excluding hydrogens is 372 g/mol. The van der Waals surface area contributed by atoms with Crippen LogP contribution in [0.3, 0.4) is 0 Å². The van der Waals surface area contributed by atoms with Crippen LogP contribution in [0.15, 0.2) is 24.8 Å². The number of fused-ring (bicyclic) bond motifs is 1. The van der Waals surface area contributed by atoms with Crippen molar-refractivity contribution < 1.29 is 30.0 Å². The molecule has 2 aromatic heterocycles. The normalized spacial score (nSPS) is 30.1. The number of ether oxygens (including phenoxy) is 1. The molecule has 0 aromatic carbocycles. The molecule has 2 aromatic rings. The van der Waals surface area contributed by atoms with E-state index in [0.29, 0.717) is 11.2 Å². The highest BCUT2D eigenvalue weighted by Gasteiger charge is 2.54. The molecule has 0 radical (unpaired) electrons. The zero-order chi connectivity index (χ0) is 20.6. The van der Waals surface area contributed by atoms with Crippen LogP contribution in [0.4, 0.5) is 5.82 Å². The molecule has 152 valence electrons. The number of nitrogens with zero attached hydrogens (tertiary/aromatic N) is 4. The average Bonchev–Trinajstić information content (AvgIpc) is 3.18. The van der Waals surface area contributed by atoms with E-state index in [2.05, 4.69) is 15.0 Å². The first kappa shape index (κ1) is 20.1. The van der Waals surface area contributed by atoms with E-state index in [-0.39, 0.29) is 12.2 Å². The lowest BCUT2D eigenvalue weighted by atomic mass is 9.99. The molecular formula is C16H22N6O6. The first-order chi connectivity index (χ1) is 13.2. The van der Waals surface area contributed by atoms with Gasteiger partial charge in [0, 0.05) is 0 Å². The van der Waals surface area contributed by atoms with E-state index in [1.54, 1.807) is 0 Å². The van der Waals surface area contributed by atoms with E-state index in [1.165, 1.54) is 36.3 Å². The molecule has 1 saturated heterocycles. The first-order valence-corrected chi connectivity index (χ1v) is 8.48.